The van der Waals surface area contributed by atoms with E-state index in [0.29, 0.717) is 13.0 Å². The molecule has 1 fully saturated rings. The summed E-state index contributed by atoms with van der Waals surface area (Å²) in [7, 11) is 0. The largest absolute Gasteiger partial charge is 0.465 e. The predicted octanol–water partition coefficient (Wildman–Crippen LogP) is 3.28. The number of cyclic esters (lactones) is 1. The van der Waals surface area contributed by atoms with Crippen LogP contribution >= 0.6 is 0 Å². The zero-order valence-electron chi connectivity index (χ0n) is 16.5. The van der Waals surface area contributed by atoms with Gasteiger partial charge < -0.3 is 18.9 Å². The number of hydrogen-bond donors (Lipinski definition) is 0. The second kappa shape index (κ2) is 10.7. The first-order valence-corrected chi connectivity index (χ1v) is 9.81. The molecule has 1 aliphatic rings. The van der Waals surface area contributed by atoms with E-state index >= 15 is 0 Å². The van der Waals surface area contributed by atoms with Crippen molar-refractivity contribution in [1.29, 1.82) is 0 Å². The normalized spacial score (nSPS) is 19.6. The minimum Gasteiger partial charge on any atom is -0.465 e. The van der Waals surface area contributed by atoms with Gasteiger partial charge in [-0.25, -0.2) is 0 Å². The van der Waals surface area contributed by atoms with Gasteiger partial charge in [0.05, 0.1) is 13.2 Å². The molecule has 1 heterocycles. The van der Waals surface area contributed by atoms with E-state index < -0.39 is 30.1 Å². The summed E-state index contributed by atoms with van der Waals surface area (Å²) < 4.78 is 22.0. The van der Waals surface area contributed by atoms with Crippen LogP contribution in [-0.4, -0.2) is 37.5 Å². The lowest BCUT2D eigenvalue weighted by Gasteiger charge is -2.23. The number of rotatable bonds is 10. The summed E-state index contributed by atoms with van der Waals surface area (Å²) >= 11 is 0. The van der Waals surface area contributed by atoms with E-state index in [9.17, 15) is 9.59 Å². The Hall–Kier alpha value is -2.70. The second-order valence-corrected chi connectivity index (χ2v) is 6.86. The van der Waals surface area contributed by atoms with Gasteiger partial charge in [0.2, 0.25) is 0 Å². The van der Waals surface area contributed by atoms with Crippen molar-refractivity contribution < 1.29 is 28.5 Å². The van der Waals surface area contributed by atoms with E-state index in [0.717, 1.165) is 11.1 Å². The molecule has 0 spiro atoms. The molecule has 6 nitrogen and oxygen atoms in total. The summed E-state index contributed by atoms with van der Waals surface area (Å²) in [6, 6.07) is 19.6. The summed E-state index contributed by atoms with van der Waals surface area (Å²) in [5.74, 6) is -1.99. The number of esters is 2. The zero-order valence-corrected chi connectivity index (χ0v) is 16.5. The average Bonchev–Trinajstić information content (AvgIpc) is 3.13. The highest BCUT2D eigenvalue weighted by Crippen LogP contribution is 2.28. The van der Waals surface area contributed by atoms with Crippen LogP contribution < -0.4 is 0 Å². The molecule has 3 atom stereocenters. The number of ether oxygens (including phenoxy) is 4. The standard InChI is InChI=1S/C23H26O6/c1-2-27-22(24)19-14-21(29-23(19)25)20(13-17-9-5-3-6-10-17)28-16-26-15-18-11-7-4-8-12-18/h3-12,19-21H,2,13-16H2,1H3. The third kappa shape index (κ3) is 6.14. The molecule has 0 bridgehead atoms. The van der Waals surface area contributed by atoms with Gasteiger partial charge in [-0.05, 0) is 18.1 Å². The van der Waals surface area contributed by atoms with Gasteiger partial charge >= 0.3 is 11.9 Å². The molecule has 0 amide bonds. The van der Waals surface area contributed by atoms with Gasteiger partial charge in [-0.15, -0.1) is 0 Å². The molecule has 0 saturated carbocycles. The van der Waals surface area contributed by atoms with Gasteiger partial charge in [0.15, 0.2) is 5.92 Å². The number of carbonyl (C=O) groups is 2. The molecule has 154 valence electrons. The zero-order chi connectivity index (χ0) is 20.5. The van der Waals surface area contributed by atoms with Crippen LogP contribution in [0.1, 0.15) is 24.5 Å². The Morgan fingerprint density at radius 3 is 2.38 bits per heavy atom. The maximum Gasteiger partial charge on any atom is 0.320 e. The first-order valence-electron chi connectivity index (χ1n) is 9.81. The topological polar surface area (TPSA) is 71.1 Å². The quantitative estimate of drug-likeness (QED) is 0.265. The van der Waals surface area contributed by atoms with Crippen LogP contribution in [0.4, 0.5) is 0 Å². The Labute approximate surface area is 170 Å². The summed E-state index contributed by atoms with van der Waals surface area (Å²) in [5.41, 5.74) is 2.10. The van der Waals surface area contributed by atoms with Crippen LogP contribution in [-0.2, 0) is 41.6 Å². The number of carbonyl (C=O) groups excluding carboxylic acids is 2. The Bertz CT molecular complexity index is 776. The minimum atomic E-state index is -0.896. The smallest absolute Gasteiger partial charge is 0.320 e. The number of benzene rings is 2. The van der Waals surface area contributed by atoms with Crippen molar-refractivity contribution >= 4 is 11.9 Å². The monoisotopic (exact) mass is 398 g/mol. The number of hydrogen-bond acceptors (Lipinski definition) is 6. The van der Waals surface area contributed by atoms with Crippen molar-refractivity contribution in [3.05, 3.63) is 71.8 Å². The van der Waals surface area contributed by atoms with Crippen LogP contribution in [0.3, 0.4) is 0 Å². The first-order chi connectivity index (χ1) is 14.2. The summed E-state index contributed by atoms with van der Waals surface area (Å²) in [6.07, 6.45) is -0.161. The molecule has 1 saturated heterocycles. The summed E-state index contributed by atoms with van der Waals surface area (Å²) in [6.45, 7) is 2.42. The van der Waals surface area contributed by atoms with Crippen molar-refractivity contribution in [3.63, 3.8) is 0 Å². The van der Waals surface area contributed by atoms with E-state index in [1.54, 1.807) is 6.92 Å². The Kier molecular flexibility index (Phi) is 7.78. The predicted molar refractivity (Wildman–Crippen MR) is 106 cm³/mol. The lowest BCUT2D eigenvalue weighted by Crippen LogP contribution is -2.32. The maximum atomic E-state index is 12.2. The van der Waals surface area contributed by atoms with Gasteiger partial charge in [0.25, 0.3) is 0 Å². The molecule has 3 rings (SSSR count). The molecule has 0 N–H and O–H groups in total. The second-order valence-electron chi connectivity index (χ2n) is 6.86. The van der Waals surface area contributed by atoms with Gasteiger partial charge in [-0.2, -0.15) is 0 Å². The third-order valence-corrected chi connectivity index (χ3v) is 4.76. The van der Waals surface area contributed by atoms with E-state index in [1.807, 2.05) is 60.7 Å². The molecule has 3 unspecified atom stereocenters. The van der Waals surface area contributed by atoms with Crippen molar-refractivity contribution in [2.24, 2.45) is 5.92 Å². The van der Waals surface area contributed by atoms with Crippen molar-refractivity contribution in [3.8, 4) is 0 Å². The fourth-order valence-electron chi connectivity index (χ4n) is 3.28. The average molecular weight is 398 g/mol. The molecule has 0 aromatic heterocycles. The third-order valence-electron chi connectivity index (χ3n) is 4.76. The molecule has 2 aromatic rings. The molecular formula is C23H26O6. The first kappa shape index (κ1) is 21.0. The molecule has 0 aliphatic carbocycles. The van der Waals surface area contributed by atoms with E-state index in [2.05, 4.69) is 0 Å². The molecule has 2 aromatic carbocycles. The van der Waals surface area contributed by atoms with E-state index in [-0.39, 0.29) is 19.8 Å². The SMILES string of the molecule is CCOC(=O)C1CC(C(Cc2ccccc2)OCOCc2ccccc2)OC1=O. The van der Waals surface area contributed by atoms with Gasteiger partial charge in [0.1, 0.15) is 19.0 Å². The van der Waals surface area contributed by atoms with Crippen LogP contribution in [0.25, 0.3) is 0 Å². The molecule has 0 radical (unpaired) electrons. The van der Waals surface area contributed by atoms with Crippen molar-refractivity contribution in [1.82, 2.24) is 0 Å². The molecule has 29 heavy (non-hydrogen) atoms. The van der Waals surface area contributed by atoms with Gasteiger partial charge in [-0.1, -0.05) is 60.7 Å². The van der Waals surface area contributed by atoms with Crippen LogP contribution in [0.2, 0.25) is 0 Å². The highest BCUT2D eigenvalue weighted by atomic mass is 16.7. The van der Waals surface area contributed by atoms with Crippen LogP contribution in [0.5, 0.6) is 0 Å². The van der Waals surface area contributed by atoms with Crippen molar-refractivity contribution in [2.75, 3.05) is 13.4 Å². The summed E-state index contributed by atoms with van der Waals surface area (Å²) in [4.78, 5) is 24.2. The minimum absolute atomic E-state index is 0.0600. The molecular weight excluding hydrogens is 372 g/mol. The van der Waals surface area contributed by atoms with Gasteiger partial charge in [-0.3, -0.25) is 9.59 Å². The lowest BCUT2D eigenvalue weighted by atomic mass is 9.98. The maximum absolute atomic E-state index is 12.2. The molecule has 1 aliphatic heterocycles. The fraction of sp³-hybridized carbons (Fsp3) is 0.391. The van der Waals surface area contributed by atoms with Gasteiger partial charge in [0, 0.05) is 12.8 Å². The Morgan fingerprint density at radius 2 is 1.72 bits per heavy atom. The van der Waals surface area contributed by atoms with E-state index in [1.165, 1.54) is 0 Å². The highest BCUT2D eigenvalue weighted by Gasteiger charge is 2.44. The van der Waals surface area contributed by atoms with Crippen molar-refractivity contribution in [2.45, 2.75) is 38.6 Å². The lowest BCUT2D eigenvalue weighted by molar-refractivity contribution is -0.162. The molecule has 6 heteroatoms. The van der Waals surface area contributed by atoms with Crippen LogP contribution in [0.15, 0.2) is 60.7 Å². The van der Waals surface area contributed by atoms with Crippen LogP contribution in [0, 0.1) is 5.92 Å². The fourth-order valence-corrected chi connectivity index (χ4v) is 3.28. The Balaban J connectivity index is 1.60. The van der Waals surface area contributed by atoms with E-state index in [4.69, 9.17) is 18.9 Å². The Morgan fingerprint density at radius 1 is 1.07 bits per heavy atom. The summed E-state index contributed by atoms with van der Waals surface area (Å²) in [5, 5.41) is 0. The highest BCUT2D eigenvalue weighted by molar-refractivity contribution is 5.96.